The largest absolute Gasteiger partial charge is 0.455 e. The van der Waals surface area contributed by atoms with Crippen LogP contribution in [0.4, 0.5) is 0 Å². The average molecular weight is 1340 g/mol. The number of nitrogens with zero attached hydrogens (tertiary/aromatic N) is 11. The summed E-state index contributed by atoms with van der Waals surface area (Å²) in [6, 6.07) is 102. The van der Waals surface area contributed by atoms with E-state index >= 15 is 0 Å². The lowest BCUT2D eigenvalue weighted by atomic mass is 9.98. The number of aromatic nitrogens is 11. The van der Waals surface area contributed by atoms with Gasteiger partial charge in [-0.05, 0) is 118 Å². The zero-order valence-corrected chi connectivity index (χ0v) is 55.6. The van der Waals surface area contributed by atoms with Crippen molar-refractivity contribution in [3.8, 4) is 124 Å². The van der Waals surface area contributed by atoms with Crippen LogP contribution in [0.2, 0.25) is 0 Å². The van der Waals surface area contributed by atoms with E-state index in [1.165, 1.54) is 0 Å². The number of para-hydroxylation sites is 2. The zero-order valence-electron chi connectivity index (χ0n) is 55.6. The minimum absolute atomic E-state index is 0.513. The van der Waals surface area contributed by atoms with Gasteiger partial charge in [-0.25, -0.2) is 15.0 Å². The normalized spacial score (nSPS) is 11.5. The summed E-state index contributed by atoms with van der Waals surface area (Å²) in [5, 5.41) is 6.29. The number of pyridine rings is 4. The minimum Gasteiger partial charge on any atom is -0.455 e. The molecule has 10 aromatic carbocycles. The number of furan rings is 2. The summed E-state index contributed by atoms with van der Waals surface area (Å²) >= 11 is 0. The molecule has 0 amide bonds. The molecule has 0 saturated heterocycles. The lowest BCUT2D eigenvalue weighted by Gasteiger charge is -2.12. The summed E-state index contributed by atoms with van der Waals surface area (Å²) in [5.41, 5.74) is 20.9. The second kappa shape index (κ2) is 26.0. The fraction of sp³-hybridized carbons (Fsp3) is 0. The van der Waals surface area contributed by atoms with Crippen molar-refractivity contribution in [2.75, 3.05) is 0 Å². The molecule has 0 spiro atoms. The first-order valence-electron chi connectivity index (χ1n) is 34.3. The molecule has 13 nitrogen and oxygen atoms in total. The number of hydrogen-bond donors (Lipinski definition) is 0. The van der Waals surface area contributed by atoms with Crippen molar-refractivity contribution >= 4 is 65.6 Å². The summed E-state index contributed by atoms with van der Waals surface area (Å²) < 4.78 is 18.3. The zero-order chi connectivity index (χ0) is 68.9. The molecule has 0 aliphatic heterocycles. The van der Waals surface area contributed by atoms with E-state index in [9.17, 15) is 0 Å². The summed E-state index contributed by atoms with van der Waals surface area (Å²) in [6.45, 7) is 0. The Morgan fingerprint density at radius 1 is 0.231 bits per heavy atom. The Labute approximate surface area is 596 Å². The lowest BCUT2D eigenvalue weighted by Crippen LogP contribution is -2.06. The van der Waals surface area contributed by atoms with Crippen LogP contribution in [0.1, 0.15) is 0 Å². The van der Waals surface area contributed by atoms with E-state index in [4.69, 9.17) is 33.8 Å². The van der Waals surface area contributed by atoms with Gasteiger partial charge in [0.1, 0.15) is 28.5 Å². The third-order valence-electron chi connectivity index (χ3n) is 19.2. The number of benzene rings is 10. The van der Waals surface area contributed by atoms with E-state index in [1.807, 2.05) is 103 Å². The summed E-state index contributed by atoms with van der Waals surface area (Å²) in [4.78, 5) is 42.4. The molecule has 0 N–H and O–H groups in total. The fourth-order valence-corrected chi connectivity index (χ4v) is 14.3. The molecule has 0 aliphatic rings. The molecule has 20 aromatic rings. The number of fused-ring (bicyclic) bond motifs is 10. The molecule has 10 aromatic heterocycles. The van der Waals surface area contributed by atoms with Crippen molar-refractivity contribution in [1.82, 2.24) is 54.0 Å². The Kier molecular flexibility index (Phi) is 15.2. The molecular weight excluding hydrogens is 1280 g/mol. The van der Waals surface area contributed by atoms with E-state index in [0.29, 0.717) is 23.4 Å². The van der Waals surface area contributed by atoms with Crippen LogP contribution >= 0.6 is 0 Å². The van der Waals surface area contributed by atoms with Crippen molar-refractivity contribution in [1.29, 1.82) is 0 Å². The predicted octanol–water partition coefficient (Wildman–Crippen LogP) is 22.3. The Morgan fingerprint density at radius 3 is 1.03 bits per heavy atom. The van der Waals surface area contributed by atoms with Gasteiger partial charge in [-0.3, -0.25) is 29.1 Å². The van der Waals surface area contributed by atoms with Crippen molar-refractivity contribution < 1.29 is 8.83 Å². The van der Waals surface area contributed by atoms with Crippen LogP contribution in [0.25, 0.3) is 190 Å². The standard InChI is InChI=1S/C46H29N5O.C45H28N6O/c1-3-9-33(10-4-1)42-37-19-20-40-43(45(37)52-44(42)34-11-5-2-6-12-34)36-13-7-8-14-39(36)51(40)41-29-38(49-46(50-41)35-23-27-48-28-24-35)32-17-15-30(16-18-32)31-21-25-47-26-22-31;1-3-9-31(10-4-1)39-36-19-20-38-40(42(36)52-41(39)32-11-5-2-6-12-32)35-13-7-8-14-37(35)51(38)45-49-43(48-44(50-45)34-23-27-47-28-24-34)33-17-15-29(16-18-33)30-21-25-46-26-22-30/h1-29H;1-28H. The summed E-state index contributed by atoms with van der Waals surface area (Å²) in [5.74, 6) is 4.71. The van der Waals surface area contributed by atoms with Crippen LogP contribution < -0.4 is 0 Å². The van der Waals surface area contributed by atoms with Crippen molar-refractivity contribution in [3.63, 3.8) is 0 Å². The van der Waals surface area contributed by atoms with Crippen LogP contribution in [0.5, 0.6) is 0 Å². The monoisotopic (exact) mass is 1340 g/mol. The van der Waals surface area contributed by atoms with Gasteiger partial charge in [0.05, 0.1) is 38.5 Å². The Hall–Kier alpha value is -14.4. The molecule has 0 radical (unpaired) electrons. The van der Waals surface area contributed by atoms with Crippen molar-refractivity contribution in [2.45, 2.75) is 0 Å². The van der Waals surface area contributed by atoms with Crippen LogP contribution in [0, 0.1) is 0 Å². The van der Waals surface area contributed by atoms with Gasteiger partial charge in [-0.1, -0.05) is 206 Å². The van der Waals surface area contributed by atoms with Gasteiger partial charge in [-0.2, -0.15) is 9.97 Å². The third kappa shape index (κ3) is 10.9. The SMILES string of the molecule is c1ccc(-c2oc3c(ccc4c3c3ccccc3n4-c3cc(-c4ccc(-c5ccncc5)cc4)nc(-c4ccncc4)n3)c2-c2ccccc2)cc1.c1ccc(-c2oc3c(ccc4c3c3ccccc3n4-c3nc(-c4ccncc4)nc(-c4ccc(-c5ccncc5)cc4)n3)c2-c2ccccc2)cc1. The topological polar surface area (TPSA) is 152 Å². The maximum Gasteiger partial charge on any atom is 0.238 e. The fourth-order valence-electron chi connectivity index (χ4n) is 14.3. The Balaban J connectivity index is 0.000000143. The van der Waals surface area contributed by atoms with Gasteiger partial charge in [0.2, 0.25) is 5.95 Å². The lowest BCUT2D eigenvalue weighted by molar-refractivity contribution is 0.635. The van der Waals surface area contributed by atoms with Gasteiger partial charge in [-0.15, -0.1) is 0 Å². The minimum atomic E-state index is 0.513. The molecule has 104 heavy (non-hydrogen) atoms. The summed E-state index contributed by atoms with van der Waals surface area (Å²) in [6.07, 6.45) is 14.3. The molecule has 13 heteroatoms. The Bertz CT molecular complexity index is 6130. The average Bonchev–Trinajstić information content (AvgIpc) is 1.54. The van der Waals surface area contributed by atoms with Gasteiger partial charge in [0.25, 0.3) is 0 Å². The molecular formula is C91H57N11O2. The highest BCUT2D eigenvalue weighted by atomic mass is 16.3. The van der Waals surface area contributed by atoms with Crippen LogP contribution in [0.15, 0.2) is 356 Å². The highest BCUT2D eigenvalue weighted by Crippen LogP contribution is 2.49. The van der Waals surface area contributed by atoms with E-state index in [1.54, 1.807) is 37.2 Å². The first kappa shape index (κ1) is 60.7. The van der Waals surface area contributed by atoms with Gasteiger partial charge < -0.3 is 8.83 Å². The van der Waals surface area contributed by atoms with E-state index in [2.05, 4.69) is 235 Å². The maximum atomic E-state index is 6.99. The molecule has 0 saturated carbocycles. The first-order valence-corrected chi connectivity index (χ1v) is 34.3. The highest BCUT2D eigenvalue weighted by Gasteiger charge is 2.27. The molecule has 10 heterocycles. The quantitative estimate of drug-likeness (QED) is 0.115. The molecule has 488 valence electrons. The first-order chi connectivity index (χ1) is 51.6. The Morgan fingerprint density at radius 2 is 0.577 bits per heavy atom. The van der Waals surface area contributed by atoms with Crippen molar-refractivity contribution in [3.05, 3.63) is 347 Å². The smallest absolute Gasteiger partial charge is 0.238 e. The predicted molar refractivity (Wildman–Crippen MR) is 416 cm³/mol. The summed E-state index contributed by atoms with van der Waals surface area (Å²) in [7, 11) is 0. The second-order valence-corrected chi connectivity index (χ2v) is 25.3. The number of hydrogen-bond acceptors (Lipinski definition) is 11. The molecule has 0 bridgehead atoms. The van der Waals surface area contributed by atoms with Crippen molar-refractivity contribution in [2.24, 2.45) is 0 Å². The van der Waals surface area contributed by atoms with Gasteiger partial charge in [0, 0.05) is 122 Å². The molecule has 0 atom stereocenters. The highest BCUT2D eigenvalue weighted by molar-refractivity contribution is 6.24. The van der Waals surface area contributed by atoms with Crippen LogP contribution in [-0.4, -0.2) is 54.0 Å². The van der Waals surface area contributed by atoms with Crippen LogP contribution in [-0.2, 0) is 0 Å². The second-order valence-electron chi connectivity index (χ2n) is 25.3. The van der Waals surface area contributed by atoms with E-state index in [-0.39, 0.29) is 0 Å². The molecule has 0 unspecified atom stereocenters. The molecule has 0 fully saturated rings. The maximum absolute atomic E-state index is 6.99. The van der Waals surface area contributed by atoms with Gasteiger partial charge >= 0.3 is 0 Å². The van der Waals surface area contributed by atoms with Crippen LogP contribution in [0.3, 0.4) is 0 Å². The number of rotatable bonds is 12. The van der Waals surface area contributed by atoms with Gasteiger partial charge in [0.15, 0.2) is 17.5 Å². The van der Waals surface area contributed by atoms with E-state index < -0.39 is 0 Å². The molecule has 20 rings (SSSR count). The molecule has 0 aliphatic carbocycles. The third-order valence-corrected chi connectivity index (χ3v) is 19.2. The van der Waals surface area contributed by atoms with E-state index in [0.717, 1.165) is 166 Å².